The van der Waals surface area contributed by atoms with E-state index in [1.165, 1.54) is 0 Å². The highest BCUT2D eigenvalue weighted by Gasteiger charge is 2.17. The van der Waals surface area contributed by atoms with E-state index in [-0.39, 0.29) is 6.10 Å². The van der Waals surface area contributed by atoms with E-state index < -0.39 is 0 Å². The highest BCUT2D eigenvalue weighted by atomic mass is 16.5. The maximum absolute atomic E-state index is 5.86. The first-order valence-corrected chi connectivity index (χ1v) is 11.5. The first-order chi connectivity index (χ1) is 16.5. The Morgan fingerprint density at radius 2 is 1.79 bits per heavy atom. The minimum atomic E-state index is 0.0702. The zero-order valence-corrected chi connectivity index (χ0v) is 20.1. The highest BCUT2D eigenvalue weighted by Crippen LogP contribution is 2.23. The van der Waals surface area contributed by atoms with E-state index in [0.717, 1.165) is 41.2 Å². The van der Waals surface area contributed by atoms with Gasteiger partial charge in [-0.2, -0.15) is 20.1 Å². The fraction of sp³-hybridized carbons (Fsp3) is 0.360. The number of ether oxygens (including phenoxy) is 2. The molecule has 34 heavy (non-hydrogen) atoms. The van der Waals surface area contributed by atoms with Crippen LogP contribution in [0.3, 0.4) is 0 Å². The van der Waals surface area contributed by atoms with Gasteiger partial charge >= 0.3 is 0 Å². The molecule has 2 heterocycles. The van der Waals surface area contributed by atoms with Crippen molar-refractivity contribution >= 4 is 29.7 Å². The number of benzene rings is 2. The van der Waals surface area contributed by atoms with Gasteiger partial charge in [-0.3, -0.25) is 0 Å². The summed E-state index contributed by atoms with van der Waals surface area (Å²) >= 11 is 0. The van der Waals surface area contributed by atoms with Crippen LogP contribution in [0.1, 0.15) is 30.5 Å². The predicted octanol–water partition coefficient (Wildman–Crippen LogP) is 4.30. The predicted molar refractivity (Wildman–Crippen MR) is 135 cm³/mol. The highest BCUT2D eigenvalue weighted by molar-refractivity contribution is 5.83. The molecule has 178 valence electrons. The van der Waals surface area contributed by atoms with Crippen LogP contribution in [-0.2, 0) is 4.74 Å². The lowest BCUT2D eigenvalue weighted by atomic mass is 10.1. The Bertz CT molecular complexity index is 1140. The number of hydrogen-bond donors (Lipinski definition) is 2. The molecule has 0 saturated carbocycles. The van der Waals surface area contributed by atoms with Gasteiger partial charge < -0.3 is 19.7 Å². The van der Waals surface area contributed by atoms with Gasteiger partial charge in [-0.1, -0.05) is 24.3 Å². The second-order valence-corrected chi connectivity index (χ2v) is 8.40. The Labute approximate surface area is 200 Å². The molecule has 0 aliphatic carbocycles. The van der Waals surface area contributed by atoms with Crippen LogP contribution in [0.25, 0.3) is 0 Å². The van der Waals surface area contributed by atoms with Gasteiger partial charge in [0.05, 0.1) is 25.5 Å². The van der Waals surface area contributed by atoms with Crippen molar-refractivity contribution in [1.82, 2.24) is 15.0 Å². The summed E-state index contributed by atoms with van der Waals surface area (Å²) in [4.78, 5) is 15.9. The number of nitrogens with one attached hydrogen (secondary N) is 2. The first-order valence-electron chi connectivity index (χ1n) is 11.5. The Morgan fingerprint density at radius 3 is 2.59 bits per heavy atom. The number of rotatable bonds is 8. The number of para-hydroxylation sites is 1. The zero-order valence-electron chi connectivity index (χ0n) is 20.1. The van der Waals surface area contributed by atoms with Gasteiger partial charge in [-0.15, -0.1) is 0 Å². The number of aromatic nitrogens is 3. The molecular weight excluding hydrogens is 430 g/mol. The molecule has 2 N–H and O–H groups in total. The lowest BCUT2D eigenvalue weighted by Crippen LogP contribution is -2.37. The number of morpholine rings is 1. The number of anilines is 4. The van der Waals surface area contributed by atoms with Gasteiger partial charge in [0.2, 0.25) is 17.8 Å². The van der Waals surface area contributed by atoms with Crippen molar-refractivity contribution in [1.29, 1.82) is 0 Å². The number of nitrogens with zero attached hydrogens (tertiary/aromatic N) is 5. The molecule has 0 spiro atoms. The summed E-state index contributed by atoms with van der Waals surface area (Å²) in [7, 11) is 0. The molecule has 1 aliphatic rings. The third kappa shape index (κ3) is 6.20. The van der Waals surface area contributed by atoms with Crippen LogP contribution < -0.4 is 20.4 Å². The van der Waals surface area contributed by atoms with Crippen molar-refractivity contribution < 1.29 is 9.47 Å². The molecule has 0 amide bonds. The fourth-order valence-electron chi connectivity index (χ4n) is 3.47. The fourth-order valence-corrected chi connectivity index (χ4v) is 3.47. The Balaban J connectivity index is 1.59. The van der Waals surface area contributed by atoms with E-state index in [9.17, 15) is 0 Å². The topological polar surface area (TPSA) is 96.8 Å². The minimum Gasteiger partial charge on any atom is -0.490 e. The average molecular weight is 462 g/mol. The molecule has 4 rings (SSSR count). The summed E-state index contributed by atoms with van der Waals surface area (Å²) in [5.41, 5.74) is 7.03. The molecule has 1 saturated heterocycles. The summed E-state index contributed by atoms with van der Waals surface area (Å²) in [5, 5.41) is 7.71. The summed E-state index contributed by atoms with van der Waals surface area (Å²) in [6.07, 6.45) is 1.77. The number of hydrogen-bond acceptors (Lipinski definition) is 9. The van der Waals surface area contributed by atoms with Crippen molar-refractivity contribution in [3.8, 4) is 5.75 Å². The largest absolute Gasteiger partial charge is 0.490 e. The lowest BCUT2D eigenvalue weighted by molar-refractivity contribution is 0.122. The van der Waals surface area contributed by atoms with E-state index in [4.69, 9.17) is 9.47 Å². The van der Waals surface area contributed by atoms with Crippen LogP contribution in [0.15, 0.2) is 47.6 Å². The van der Waals surface area contributed by atoms with E-state index in [2.05, 4.69) is 60.8 Å². The Hall–Kier alpha value is -3.72. The smallest absolute Gasteiger partial charge is 0.250 e. The summed E-state index contributed by atoms with van der Waals surface area (Å²) < 4.78 is 11.3. The van der Waals surface area contributed by atoms with Crippen molar-refractivity contribution in [2.45, 2.75) is 33.8 Å². The number of hydrazone groups is 1. The van der Waals surface area contributed by atoms with Crippen LogP contribution in [-0.4, -0.2) is 53.6 Å². The van der Waals surface area contributed by atoms with Gasteiger partial charge in [-0.25, -0.2) is 5.43 Å². The molecule has 9 heteroatoms. The third-order valence-electron chi connectivity index (χ3n) is 5.21. The van der Waals surface area contributed by atoms with Crippen LogP contribution in [0.5, 0.6) is 5.75 Å². The third-order valence-corrected chi connectivity index (χ3v) is 5.21. The maximum atomic E-state index is 5.86. The standard InChI is InChI=1S/C25H31N7O2/c1-17(2)34-22-8-6-5-7-20(22)16-26-31-24-28-23(27-21-15-18(3)9-10-19(21)4)29-25(30-24)32-11-13-33-14-12-32/h5-10,15-17H,11-14H2,1-4H3,(H2,27,28,29,30,31). The van der Waals surface area contributed by atoms with Gasteiger partial charge in [0.1, 0.15) is 5.75 Å². The van der Waals surface area contributed by atoms with Gasteiger partial charge in [0.15, 0.2) is 0 Å². The molecule has 1 aromatic heterocycles. The second-order valence-electron chi connectivity index (χ2n) is 8.40. The van der Waals surface area contributed by atoms with Crippen molar-refractivity contribution in [3.05, 3.63) is 59.2 Å². The van der Waals surface area contributed by atoms with E-state index in [1.54, 1.807) is 6.21 Å². The molecule has 2 aromatic carbocycles. The van der Waals surface area contributed by atoms with E-state index >= 15 is 0 Å². The van der Waals surface area contributed by atoms with Crippen LogP contribution in [0.2, 0.25) is 0 Å². The SMILES string of the molecule is Cc1ccc(C)c(Nc2nc(NN=Cc3ccccc3OC(C)C)nc(N3CCOCC3)n2)c1. The molecule has 1 aliphatic heterocycles. The monoisotopic (exact) mass is 461 g/mol. The molecule has 0 radical (unpaired) electrons. The molecular formula is C25H31N7O2. The van der Waals surface area contributed by atoms with Gasteiger partial charge in [0, 0.05) is 24.3 Å². The molecule has 9 nitrogen and oxygen atoms in total. The van der Waals surface area contributed by atoms with Crippen LogP contribution in [0, 0.1) is 13.8 Å². The Morgan fingerprint density at radius 1 is 1.03 bits per heavy atom. The summed E-state index contributed by atoms with van der Waals surface area (Å²) in [6.45, 7) is 10.8. The molecule has 0 unspecified atom stereocenters. The summed E-state index contributed by atoms with van der Waals surface area (Å²) in [5.74, 6) is 2.14. The van der Waals surface area contributed by atoms with Crippen molar-refractivity contribution in [2.75, 3.05) is 41.9 Å². The summed E-state index contributed by atoms with van der Waals surface area (Å²) in [6, 6.07) is 14.0. The molecule has 3 aromatic rings. The minimum absolute atomic E-state index is 0.0702. The molecule has 1 fully saturated rings. The maximum Gasteiger partial charge on any atom is 0.250 e. The van der Waals surface area contributed by atoms with Gasteiger partial charge in [0.25, 0.3) is 0 Å². The Kier molecular flexibility index (Phi) is 7.54. The van der Waals surface area contributed by atoms with E-state index in [0.29, 0.717) is 31.1 Å². The lowest BCUT2D eigenvalue weighted by Gasteiger charge is -2.27. The van der Waals surface area contributed by atoms with Crippen molar-refractivity contribution in [3.63, 3.8) is 0 Å². The van der Waals surface area contributed by atoms with Crippen molar-refractivity contribution in [2.24, 2.45) is 5.10 Å². The zero-order chi connectivity index (χ0) is 23.9. The molecule has 0 atom stereocenters. The van der Waals surface area contributed by atoms with Crippen LogP contribution in [0.4, 0.5) is 23.5 Å². The quantitative estimate of drug-likeness (QED) is 0.379. The van der Waals surface area contributed by atoms with Crippen LogP contribution >= 0.6 is 0 Å². The first kappa shape index (κ1) is 23.4. The second kappa shape index (κ2) is 10.9. The number of aryl methyl sites for hydroxylation is 2. The molecule has 0 bridgehead atoms. The average Bonchev–Trinajstić information content (AvgIpc) is 2.83. The normalized spacial score (nSPS) is 14.0. The van der Waals surface area contributed by atoms with E-state index in [1.807, 2.05) is 45.0 Å². The van der Waals surface area contributed by atoms with Gasteiger partial charge in [-0.05, 0) is 57.0 Å².